The molecule has 0 radical (unpaired) electrons. The van der Waals surface area contributed by atoms with E-state index in [9.17, 15) is 19.5 Å². The van der Waals surface area contributed by atoms with Gasteiger partial charge in [-0.1, -0.05) is 97.1 Å². The molecule has 4 aromatic carbocycles. The molecule has 0 unspecified atom stereocenters. The Hall–Kier alpha value is -4.71. The van der Waals surface area contributed by atoms with E-state index in [-0.39, 0.29) is 24.8 Å². The molecule has 4 aromatic rings. The summed E-state index contributed by atoms with van der Waals surface area (Å²) >= 11 is 0. The van der Waals surface area contributed by atoms with Gasteiger partial charge in [0.2, 0.25) is 0 Å². The van der Waals surface area contributed by atoms with E-state index in [2.05, 4.69) is 0 Å². The molecule has 1 N–H and O–H groups in total. The van der Waals surface area contributed by atoms with Crippen LogP contribution in [-0.2, 0) is 17.8 Å². The maximum atomic E-state index is 13.9. The lowest BCUT2D eigenvalue weighted by Crippen LogP contribution is -2.35. The molecule has 0 saturated carbocycles. The van der Waals surface area contributed by atoms with Crippen molar-refractivity contribution in [3.05, 3.63) is 131 Å². The second-order valence-corrected chi connectivity index (χ2v) is 9.57. The summed E-state index contributed by atoms with van der Waals surface area (Å²) in [6.07, 6.45) is 0.455. The SMILES string of the molecule is CCN(Cc1ccccc1)C(=O)c1ccccc1-c1ccccc1C(=O)N(CCC(=O)O)CCc1ccccc1. The molecule has 0 bridgehead atoms. The van der Waals surface area contributed by atoms with Crippen LogP contribution in [0.5, 0.6) is 0 Å². The van der Waals surface area contributed by atoms with Gasteiger partial charge in [0, 0.05) is 37.3 Å². The maximum absolute atomic E-state index is 13.9. The number of carboxylic acids is 1. The van der Waals surface area contributed by atoms with Gasteiger partial charge < -0.3 is 14.9 Å². The highest BCUT2D eigenvalue weighted by atomic mass is 16.4. The topological polar surface area (TPSA) is 77.9 Å². The summed E-state index contributed by atoms with van der Waals surface area (Å²) in [7, 11) is 0. The molecular formula is C34H34N2O4. The van der Waals surface area contributed by atoms with Gasteiger partial charge in [-0.2, -0.15) is 0 Å². The van der Waals surface area contributed by atoms with Crippen molar-refractivity contribution in [2.24, 2.45) is 0 Å². The monoisotopic (exact) mass is 534 g/mol. The third-order valence-corrected chi connectivity index (χ3v) is 6.89. The van der Waals surface area contributed by atoms with Crippen LogP contribution in [0.15, 0.2) is 109 Å². The number of carbonyl (C=O) groups excluding carboxylic acids is 2. The van der Waals surface area contributed by atoms with Gasteiger partial charge in [0.25, 0.3) is 11.8 Å². The molecule has 0 saturated heterocycles. The fraction of sp³-hybridized carbons (Fsp3) is 0.206. The minimum absolute atomic E-state index is 0.0938. The van der Waals surface area contributed by atoms with Crippen molar-refractivity contribution < 1.29 is 19.5 Å². The number of hydrogen-bond acceptors (Lipinski definition) is 3. The van der Waals surface area contributed by atoms with Crippen LogP contribution in [-0.4, -0.2) is 52.3 Å². The fourth-order valence-corrected chi connectivity index (χ4v) is 4.73. The van der Waals surface area contributed by atoms with E-state index >= 15 is 0 Å². The zero-order valence-electron chi connectivity index (χ0n) is 22.7. The Balaban J connectivity index is 1.65. The molecule has 0 aliphatic carbocycles. The number of hydrogen-bond donors (Lipinski definition) is 1. The zero-order chi connectivity index (χ0) is 28.3. The van der Waals surface area contributed by atoms with Crippen molar-refractivity contribution in [2.75, 3.05) is 19.6 Å². The second-order valence-electron chi connectivity index (χ2n) is 9.57. The standard InChI is InChI=1S/C34H34N2O4/c1-2-35(25-27-15-7-4-8-16-27)33(39)30-19-11-9-17-28(30)29-18-10-12-20-31(29)34(40)36(24-22-32(37)38)23-21-26-13-5-3-6-14-26/h3-20H,2,21-25H2,1H3,(H,37,38). The number of carboxylic acid groups (broad SMARTS) is 1. The van der Waals surface area contributed by atoms with E-state index in [0.29, 0.717) is 48.3 Å². The van der Waals surface area contributed by atoms with Crippen molar-refractivity contribution in [1.82, 2.24) is 9.80 Å². The van der Waals surface area contributed by atoms with Gasteiger partial charge >= 0.3 is 5.97 Å². The molecular weight excluding hydrogens is 500 g/mol. The van der Waals surface area contributed by atoms with E-state index in [1.807, 2.05) is 97.9 Å². The summed E-state index contributed by atoms with van der Waals surface area (Å²) in [6, 6.07) is 34.2. The van der Waals surface area contributed by atoms with Gasteiger partial charge in [-0.05, 0) is 47.7 Å². The van der Waals surface area contributed by atoms with Crippen LogP contribution in [0.1, 0.15) is 45.2 Å². The van der Waals surface area contributed by atoms with Crippen LogP contribution in [0.2, 0.25) is 0 Å². The molecule has 0 aliphatic rings. The third kappa shape index (κ3) is 7.23. The van der Waals surface area contributed by atoms with Gasteiger partial charge in [-0.15, -0.1) is 0 Å². The van der Waals surface area contributed by atoms with Gasteiger partial charge in [0.05, 0.1) is 6.42 Å². The number of rotatable bonds is 12. The van der Waals surface area contributed by atoms with E-state index < -0.39 is 5.97 Å². The van der Waals surface area contributed by atoms with Crippen molar-refractivity contribution in [3.63, 3.8) is 0 Å². The van der Waals surface area contributed by atoms with Crippen molar-refractivity contribution in [3.8, 4) is 11.1 Å². The molecule has 204 valence electrons. The Bertz CT molecular complexity index is 1440. The Labute approximate surface area is 235 Å². The molecule has 0 heterocycles. The first-order valence-electron chi connectivity index (χ1n) is 13.5. The first-order valence-corrected chi connectivity index (χ1v) is 13.5. The molecule has 0 aromatic heterocycles. The maximum Gasteiger partial charge on any atom is 0.305 e. The Morgan fingerprint density at radius 3 is 1.60 bits per heavy atom. The predicted octanol–water partition coefficient (Wildman–Crippen LogP) is 6.18. The number of aliphatic carboxylic acids is 1. The van der Waals surface area contributed by atoms with Gasteiger partial charge in [0.15, 0.2) is 0 Å². The first kappa shape index (κ1) is 28.3. The molecule has 0 aliphatic heterocycles. The second kappa shape index (κ2) is 13.9. The Morgan fingerprint density at radius 1 is 0.600 bits per heavy atom. The van der Waals surface area contributed by atoms with Crippen LogP contribution in [0.3, 0.4) is 0 Å². The van der Waals surface area contributed by atoms with Gasteiger partial charge in [-0.25, -0.2) is 0 Å². The normalized spacial score (nSPS) is 10.6. The van der Waals surface area contributed by atoms with Crippen LogP contribution in [0, 0.1) is 0 Å². The number of nitrogens with zero attached hydrogens (tertiary/aromatic N) is 2. The lowest BCUT2D eigenvalue weighted by Gasteiger charge is -2.25. The average molecular weight is 535 g/mol. The summed E-state index contributed by atoms with van der Waals surface area (Å²) in [5.74, 6) is -1.33. The lowest BCUT2D eigenvalue weighted by atomic mass is 9.93. The van der Waals surface area contributed by atoms with E-state index in [4.69, 9.17) is 0 Å². The molecule has 2 amide bonds. The highest BCUT2D eigenvalue weighted by Crippen LogP contribution is 2.29. The van der Waals surface area contributed by atoms with E-state index in [0.717, 1.165) is 11.1 Å². The summed E-state index contributed by atoms with van der Waals surface area (Å²) in [6.45, 7) is 3.44. The minimum Gasteiger partial charge on any atom is -0.481 e. The van der Waals surface area contributed by atoms with Gasteiger partial charge in [0.1, 0.15) is 0 Å². The number of amides is 2. The molecule has 4 rings (SSSR count). The summed E-state index contributed by atoms with van der Waals surface area (Å²) in [5.41, 5.74) is 4.38. The highest BCUT2D eigenvalue weighted by molar-refractivity contribution is 6.06. The highest BCUT2D eigenvalue weighted by Gasteiger charge is 2.24. The molecule has 40 heavy (non-hydrogen) atoms. The number of benzene rings is 4. The summed E-state index contributed by atoms with van der Waals surface area (Å²) in [4.78, 5) is 42.5. The summed E-state index contributed by atoms with van der Waals surface area (Å²) in [5, 5.41) is 9.33. The Morgan fingerprint density at radius 2 is 1.07 bits per heavy atom. The average Bonchev–Trinajstić information content (AvgIpc) is 3.00. The van der Waals surface area contributed by atoms with Crippen LogP contribution in [0.4, 0.5) is 0 Å². The van der Waals surface area contributed by atoms with Crippen molar-refractivity contribution >= 4 is 17.8 Å². The largest absolute Gasteiger partial charge is 0.481 e. The van der Waals surface area contributed by atoms with Crippen LogP contribution < -0.4 is 0 Å². The van der Waals surface area contributed by atoms with Crippen LogP contribution in [0.25, 0.3) is 11.1 Å². The minimum atomic E-state index is -0.959. The first-order chi connectivity index (χ1) is 19.5. The van der Waals surface area contributed by atoms with E-state index in [1.165, 1.54) is 0 Å². The van der Waals surface area contributed by atoms with E-state index in [1.54, 1.807) is 28.0 Å². The predicted molar refractivity (Wildman–Crippen MR) is 157 cm³/mol. The lowest BCUT2D eigenvalue weighted by molar-refractivity contribution is -0.137. The smallest absolute Gasteiger partial charge is 0.305 e. The fourth-order valence-electron chi connectivity index (χ4n) is 4.73. The Kier molecular flexibility index (Phi) is 9.83. The van der Waals surface area contributed by atoms with Crippen LogP contribution >= 0.6 is 0 Å². The van der Waals surface area contributed by atoms with Crippen molar-refractivity contribution in [2.45, 2.75) is 26.3 Å². The van der Waals surface area contributed by atoms with Gasteiger partial charge in [-0.3, -0.25) is 14.4 Å². The molecule has 0 atom stereocenters. The molecule has 6 nitrogen and oxygen atoms in total. The molecule has 0 spiro atoms. The number of carbonyl (C=O) groups is 3. The zero-order valence-corrected chi connectivity index (χ0v) is 22.7. The summed E-state index contributed by atoms with van der Waals surface area (Å²) < 4.78 is 0. The van der Waals surface area contributed by atoms with Crippen molar-refractivity contribution in [1.29, 1.82) is 0 Å². The quantitative estimate of drug-likeness (QED) is 0.236. The third-order valence-electron chi connectivity index (χ3n) is 6.89. The molecule has 6 heteroatoms. The molecule has 0 fully saturated rings.